The van der Waals surface area contributed by atoms with E-state index in [1.165, 1.54) is 7.11 Å². The Kier molecular flexibility index (Phi) is 4.75. The fourth-order valence-electron chi connectivity index (χ4n) is 4.00. The van der Waals surface area contributed by atoms with E-state index >= 15 is 0 Å². The second-order valence-electron chi connectivity index (χ2n) is 7.12. The maximum atomic E-state index is 13.5. The molecule has 0 radical (unpaired) electrons. The van der Waals surface area contributed by atoms with Crippen molar-refractivity contribution in [3.63, 3.8) is 0 Å². The number of hydrogen-bond acceptors (Lipinski definition) is 3. The average Bonchev–Trinajstić information content (AvgIpc) is 2.73. The summed E-state index contributed by atoms with van der Waals surface area (Å²) in [6, 6.07) is 24.8. The van der Waals surface area contributed by atoms with E-state index in [0.717, 1.165) is 11.1 Å². The average molecular weight is 373 g/mol. The summed E-state index contributed by atoms with van der Waals surface area (Å²) in [6.45, 7) is 2.46. The molecule has 0 bridgehead atoms. The highest BCUT2D eigenvalue weighted by atomic mass is 16.5. The Morgan fingerprint density at radius 3 is 2.32 bits per heavy atom. The van der Waals surface area contributed by atoms with Crippen molar-refractivity contribution in [3.8, 4) is 0 Å². The molecule has 142 valence electrons. The van der Waals surface area contributed by atoms with Crippen molar-refractivity contribution in [2.24, 2.45) is 0 Å². The van der Waals surface area contributed by atoms with Crippen molar-refractivity contribution in [1.29, 1.82) is 0 Å². The van der Waals surface area contributed by atoms with Gasteiger partial charge in [0.15, 0.2) is 11.7 Å². The first kappa shape index (κ1) is 18.4. The topological polar surface area (TPSA) is 49.8 Å². The van der Waals surface area contributed by atoms with Crippen LogP contribution in [-0.2, 0) is 21.7 Å². The number of aryl methyl sites for hydroxylation is 1. The Balaban J connectivity index is 1.88. The monoisotopic (exact) mass is 373 g/mol. The van der Waals surface area contributed by atoms with Gasteiger partial charge in [-0.2, -0.15) is 0 Å². The van der Waals surface area contributed by atoms with E-state index in [4.69, 9.17) is 4.74 Å². The maximum absolute atomic E-state index is 13.5. The molecule has 4 nitrogen and oxygen atoms in total. The van der Waals surface area contributed by atoms with E-state index in [9.17, 15) is 9.90 Å². The zero-order chi connectivity index (χ0) is 19.7. The van der Waals surface area contributed by atoms with Crippen LogP contribution in [0.25, 0.3) is 0 Å². The number of hydrogen-bond donors (Lipinski definition) is 1. The largest absolute Gasteiger partial charge is 0.377 e. The zero-order valence-corrected chi connectivity index (χ0v) is 16.0. The fourth-order valence-corrected chi connectivity index (χ4v) is 4.00. The van der Waals surface area contributed by atoms with Gasteiger partial charge in [-0.3, -0.25) is 4.79 Å². The highest BCUT2D eigenvalue weighted by molar-refractivity contribution is 6.01. The summed E-state index contributed by atoms with van der Waals surface area (Å²) in [5.41, 5.74) is 2.64. The third-order valence-corrected chi connectivity index (χ3v) is 5.51. The van der Waals surface area contributed by atoms with E-state index in [0.29, 0.717) is 23.4 Å². The lowest BCUT2D eigenvalue weighted by Gasteiger charge is -2.44. The number of fused-ring (bicyclic) bond motifs is 1. The van der Waals surface area contributed by atoms with E-state index in [-0.39, 0.29) is 5.91 Å². The number of para-hydroxylation sites is 1. The smallest absolute Gasteiger partial charge is 0.260 e. The van der Waals surface area contributed by atoms with E-state index in [2.05, 4.69) is 0 Å². The van der Waals surface area contributed by atoms with Crippen molar-refractivity contribution in [1.82, 2.24) is 0 Å². The molecule has 1 amide bonds. The van der Waals surface area contributed by atoms with Crippen LogP contribution in [0.5, 0.6) is 0 Å². The lowest BCUT2D eigenvalue weighted by molar-refractivity contribution is -0.145. The van der Waals surface area contributed by atoms with Gasteiger partial charge in [0.1, 0.15) is 0 Å². The van der Waals surface area contributed by atoms with Crippen LogP contribution in [0.4, 0.5) is 5.69 Å². The molecular formula is C24H23NO3. The Morgan fingerprint density at radius 2 is 1.61 bits per heavy atom. The van der Waals surface area contributed by atoms with Gasteiger partial charge in [-0.25, -0.2) is 0 Å². The van der Waals surface area contributed by atoms with Crippen LogP contribution >= 0.6 is 0 Å². The molecule has 4 rings (SSSR count). The summed E-state index contributed by atoms with van der Waals surface area (Å²) in [4.78, 5) is 15.2. The van der Waals surface area contributed by atoms with Crippen molar-refractivity contribution >= 4 is 11.6 Å². The van der Waals surface area contributed by atoms with E-state index in [1.54, 1.807) is 4.90 Å². The Bertz CT molecular complexity index is 1000. The summed E-state index contributed by atoms with van der Waals surface area (Å²) in [7, 11) is 1.47. The molecule has 0 aromatic heterocycles. The van der Waals surface area contributed by atoms with Gasteiger partial charge in [0, 0.05) is 12.7 Å². The number of nitrogens with zero attached hydrogens (tertiary/aromatic N) is 1. The van der Waals surface area contributed by atoms with Gasteiger partial charge in [-0.1, -0.05) is 72.8 Å². The van der Waals surface area contributed by atoms with Crippen LogP contribution in [0, 0.1) is 6.92 Å². The molecule has 1 aliphatic rings. The first-order valence-corrected chi connectivity index (χ1v) is 9.33. The number of benzene rings is 3. The van der Waals surface area contributed by atoms with Gasteiger partial charge in [-0.15, -0.1) is 0 Å². The zero-order valence-electron chi connectivity index (χ0n) is 16.0. The second-order valence-corrected chi connectivity index (χ2v) is 7.12. The van der Waals surface area contributed by atoms with Crippen LogP contribution in [0.2, 0.25) is 0 Å². The molecule has 1 aliphatic heterocycles. The number of ether oxygens (including phenoxy) is 1. The van der Waals surface area contributed by atoms with Gasteiger partial charge in [0.2, 0.25) is 0 Å². The fraction of sp³-hybridized carbons (Fsp3) is 0.208. The number of amides is 1. The molecule has 0 fully saturated rings. The number of rotatable bonds is 4. The first-order chi connectivity index (χ1) is 13.6. The minimum Gasteiger partial charge on any atom is -0.377 e. The van der Waals surface area contributed by atoms with Crippen molar-refractivity contribution in [2.75, 3.05) is 12.0 Å². The lowest BCUT2D eigenvalue weighted by atomic mass is 9.77. The van der Waals surface area contributed by atoms with Crippen molar-refractivity contribution in [3.05, 3.63) is 101 Å². The van der Waals surface area contributed by atoms with Gasteiger partial charge in [0.25, 0.3) is 5.91 Å². The minimum atomic E-state index is -1.55. The maximum Gasteiger partial charge on any atom is 0.260 e. The number of carbonyl (C=O) groups excluding carboxylic acids is 1. The molecule has 3 aromatic carbocycles. The van der Waals surface area contributed by atoms with Crippen LogP contribution in [-0.4, -0.2) is 24.2 Å². The van der Waals surface area contributed by atoms with Crippen molar-refractivity contribution in [2.45, 2.75) is 25.2 Å². The quantitative estimate of drug-likeness (QED) is 0.757. The number of carbonyl (C=O) groups is 1. The molecule has 0 aliphatic carbocycles. The minimum absolute atomic E-state index is 0.254. The summed E-state index contributed by atoms with van der Waals surface area (Å²) in [5, 5.41) is 11.8. The predicted octanol–water partition coefficient (Wildman–Crippen LogP) is 3.79. The van der Waals surface area contributed by atoms with Crippen LogP contribution < -0.4 is 4.90 Å². The van der Waals surface area contributed by atoms with Crippen molar-refractivity contribution < 1.29 is 14.6 Å². The Morgan fingerprint density at radius 1 is 0.964 bits per heavy atom. The Hall–Kier alpha value is -2.95. The first-order valence-electron chi connectivity index (χ1n) is 9.33. The third kappa shape index (κ3) is 2.82. The number of anilines is 1. The molecule has 3 aromatic rings. The molecule has 0 spiro atoms. The van der Waals surface area contributed by atoms with Gasteiger partial charge in [0.05, 0.1) is 12.2 Å². The predicted molar refractivity (Wildman–Crippen MR) is 109 cm³/mol. The van der Waals surface area contributed by atoms with Gasteiger partial charge >= 0.3 is 0 Å². The van der Waals surface area contributed by atoms with E-state index in [1.807, 2.05) is 85.8 Å². The SMILES string of the molecule is COC1C(=O)N(Cc2ccccc2C)c2ccccc2C1(O)c1ccccc1. The molecule has 4 heteroatoms. The normalized spacial score (nSPS) is 21.5. The summed E-state index contributed by atoms with van der Waals surface area (Å²) >= 11 is 0. The number of aliphatic hydroxyl groups is 1. The van der Waals surface area contributed by atoms with E-state index < -0.39 is 11.7 Å². The Labute approximate surface area is 165 Å². The molecule has 1 heterocycles. The standard InChI is InChI=1S/C24H23NO3/c1-17-10-6-7-11-18(17)16-25-21-15-9-8-14-20(21)24(27,22(28-2)23(25)26)19-12-4-3-5-13-19/h3-15,22,27H,16H2,1-2H3. The molecular weight excluding hydrogens is 350 g/mol. The molecule has 2 atom stereocenters. The highest BCUT2D eigenvalue weighted by Gasteiger charge is 2.52. The summed E-state index contributed by atoms with van der Waals surface area (Å²) < 4.78 is 5.59. The lowest BCUT2D eigenvalue weighted by Crippen LogP contribution is -2.57. The summed E-state index contributed by atoms with van der Waals surface area (Å²) in [5.74, 6) is -0.254. The molecule has 2 unspecified atom stereocenters. The van der Waals surface area contributed by atoms with Gasteiger partial charge in [-0.05, 0) is 29.7 Å². The number of methoxy groups -OCH3 is 1. The van der Waals surface area contributed by atoms with Crippen LogP contribution in [0.3, 0.4) is 0 Å². The molecule has 1 N–H and O–H groups in total. The second kappa shape index (κ2) is 7.23. The summed E-state index contributed by atoms with van der Waals surface area (Å²) in [6.07, 6.45) is -1.03. The molecule has 28 heavy (non-hydrogen) atoms. The van der Waals surface area contributed by atoms with Gasteiger partial charge < -0.3 is 14.7 Å². The van der Waals surface area contributed by atoms with Crippen LogP contribution in [0.15, 0.2) is 78.9 Å². The molecule has 0 saturated carbocycles. The highest BCUT2D eigenvalue weighted by Crippen LogP contribution is 2.44. The third-order valence-electron chi connectivity index (χ3n) is 5.51. The molecule has 0 saturated heterocycles. The van der Waals surface area contributed by atoms with Crippen LogP contribution in [0.1, 0.15) is 22.3 Å².